The molecular weight excluding hydrogens is 376 g/mol. The van der Waals surface area contributed by atoms with Crippen LogP contribution in [0, 0.1) is 5.92 Å². The van der Waals surface area contributed by atoms with Gasteiger partial charge in [-0.15, -0.1) is 0 Å². The molecule has 0 bridgehead atoms. The molecule has 1 atom stereocenters. The minimum absolute atomic E-state index is 0.134. The number of hydrogen-bond donors (Lipinski definition) is 1. The molecule has 0 saturated carbocycles. The second kappa shape index (κ2) is 9.80. The summed E-state index contributed by atoms with van der Waals surface area (Å²) in [6, 6.07) is 13.3. The monoisotopic (exact) mass is 402 g/mol. The molecule has 6 heteroatoms. The van der Waals surface area contributed by atoms with Crippen LogP contribution in [0.4, 0.5) is 0 Å². The largest absolute Gasteiger partial charge is 0.493 e. The van der Waals surface area contributed by atoms with E-state index in [9.17, 15) is 4.79 Å². The van der Waals surface area contributed by atoms with Crippen LogP contribution >= 0.6 is 11.6 Å². The van der Waals surface area contributed by atoms with E-state index in [1.165, 1.54) is 5.56 Å². The second-order valence-electron chi connectivity index (χ2n) is 7.12. The van der Waals surface area contributed by atoms with E-state index in [4.69, 9.17) is 21.1 Å². The van der Waals surface area contributed by atoms with Crippen molar-refractivity contribution >= 4 is 17.5 Å². The molecule has 1 saturated heterocycles. The summed E-state index contributed by atoms with van der Waals surface area (Å²) in [4.78, 5) is 15.1. The third-order valence-electron chi connectivity index (χ3n) is 5.12. The van der Waals surface area contributed by atoms with Crippen molar-refractivity contribution in [2.45, 2.75) is 19.4 Å². The van der Waals surface area contributed by atoms with E-state index >= 15 is 0 Å². The van der Waals surface area contributed by atoms with E-state index in [2.05, 4.69) is 22.3 Å². The van der Waals surface area contributed by atoms with Crippen molar-refractivity contribution in [3.05, 3.63) is 58.6 Å². The first-order chi connectivity index (χ1) is 13.6. The fourth-order valence-electron chi connectivity index (χ4n) is 3.71. The quantitative estimate of drug-likeness (QED) is 0.760. The second-order valence-corrected chi connectivity index (χ2v) is 7.56. The highest BCUT2D eigenvalue weighted by Gasteiger charge is 2.22. The topological polar surface area (TPSA) is 50.8 Å². The molecule has 0 spiro atoms. The van der Waals surface area contributed by atoms with Crippen molar-refractivity contribution in [3.63, 3.8) is 0 Å². The number of carbonyl (C=O) groups is 1. The normalized spacial score (nSPS) is 17.2. The Morgan fingerprint density at radius 1 is 1.18 bits per heavy atom. The molecule has 1 aliphatic heterocycles. The molecule has 28 heavy (non-hydrogen) atoms. The molecule has 1 aliphatic rings. The first-order valence-corrected chi connectivity index (χ1v) is 9.94. The first-order valence-electron chi connectivity index (χ1n) is 9.56. The van der Waals surface area contributed by atoms with Crippen LogP contribution in [0.1, 0.15) is 28.8 Å². The Kier molecular flexibility index (Phi) is 7.18. The van der Waals surface area contributed by atoms with Crippen molar-refractivity contribution in [1.82, 2.24) is 10.2 Å². The van der Waals surface area contributed by atoms with E-state index in [1.54, 1.807) is 32.4 Å². The van der Waals surface area contributed by atoms with Gasteiger partial charge in [-0.25, -0.2) is 0 Å². The van der Waals surface area contributed by atoms with Gasteiger partial charge < -0.3 is 14.8 Å². The van der Waals surface area contributed by atoms with Crippen LogP contribution in [0.2, 0.25) is 5.02 Å². The molecule has 0 aromatic heterocycles. The van der Waals surface area contributed by atoms with E-state index in [0.717, 1.165) is 37.5 Å². The van der Waals surface area contributed by atoms with Gasteiger partial charge in [-0.1, -0.05) is 29.8 Å². The number of methoxy groups -OCH3 is 2. The lowest BCUT2D eigenvalue weighted by molar-refractivity contribution is 0.0927. The van der Waals surface area contributed by atoms with Crippen LogP contribution in [0.5, 0.6) is 11.5 Å². The van der Waals surface area contributed by atoms with Crippen LogP contribution in [0.15, 0.2) is 42.5 Å². The summed E-state index contributed by atoms with van der Waals surface area (Å²) in [6.07, 6.45) is 2.25. The maximum absolute atomic E-state index is 12.7. The van der Waals surface area contributed by atoms with Crippen molar-refractivity contribution < 1.29 is 14.3 Å². The fourth-order valence-corrected chi connectivity index (χ4v) is 3.83. The van der Waals surface area contributed by atoms with Gasteiger partial charge in [0.05, 0.1) is 19.8 Å². The minimum Gasteiger partial charge on any atom is -0.493 e. The number of amides is 1. The lowest BCUT2D eigenvalue weighted by Crippen LogP contribution is -2.40. The number of rotatable bonds is 7. The maximum Gasteiger partial charge on any atom is 0.255 e. The molecule has 0 unspecified atom stereocenters. The Balaban J connectivity index is 1.55. The van der Waals surface area contributed by atoms with Gasteiger partial charge in [0.1, 0.15) is 0 Å². The van der Waals surface area contributed by atoms with E-state index in [1.807, 2.05) is 12.1 Å². The van der Waals surface area contributed by atoms with Crippen LogP contribution in [-0.4, -0.2) is 44.7 Å². The van der Waals surface area contributed by atoms with Gasteiger partial charge >= 0.3 is 0 Å². The zero-order valence-electron chi connectivity index (χ0n) is 16.4. The highest BCUT2D eigenvalue weighted by atomic mass is 35.5. The number of ether oxygens (including phenoxy) is 2. The highest BCUT2D eigenvalue weighted by Crippen LogP contribution is 2.30. The summed E-state index contributed by atoms with van der Waals surface area (Å²) in [5.74, 6) is 1.32. The zero-order valence-corrected chi connectivity index (χ0v) is 17.2. The summed E-state index contributed by atoms with van der Waals surface area (Å²) in [7, 11) is 3.11. The van der Waals surface area contributed by atoms with E-state index < -0.39 is 0 Å². The third kappa shape index (κ3) is 5.18. The van der Waals surface area contributed by atoms with Crippen molar-refractivity contribution in [3.8, 4) is 11.5 Å². The van der Waals surface area contributed by atoms with Crippen molar-refractivity contribution in [2.24, 2.45) is 5.92 Å². The van der Waals surface area contributed by atoms with Gasteiger partial charge in [-0.05, 0) is 55.1 Å². The Morgan fingerprint density at radius 3 is 2.68 bits per heavy atom. The Bertz CT molecular complexity index is 795. The van der Waals surface area contributed by atoms with Gasteiger partial charge in [0.15, 0.2) is 11.5 Å². The molecule has 0 aliphatic carbocycles. The maximum atomic E-state index is 12.7. The van der Waals surface area contributed by atoms with Gasteiger partial charge in [0.2, 0.25) is 0 Å². The Morgan fingerprint density at radius 2 is 1.96 bits per heavy atom. The lowest BCUT2D eigenvalue weighted by Gasteiger charge is -2.33. The SMILES string of the molecule is COc1cccc(C(=O)NC[C@H]2CCCN(Cc3ccc(Cl)cc3)C2)c1OC. The van der Waals surface area contributed by atoms with E-state index in [-0.39, 0.29) is 5.91 Å². The number of hydrogen-bond acceptors (Lipinski definition) is 4. The van der Waals surface area contributed by atoms with Gasteiger partial charge in [0, 0.05) is 24.7 Å². The smallest absolute Gasteiger partial charge is 0.255 e. The standard InChI is InChI=1S/C22H27ClN2O3/c1-27-20-7-3-6-19(21(20)28-2)22(26)24-13-17-5-4-12-25(15-17)14-16-8-10-18(23)11-9-16/h3,6-11,17H,4-5,12-15H2,1-2H3,(H,24,26)/t17-/m1/s1. The molecule has 1 fully saturated rings. The van der Waals surface area contributed by atoms with E-state index in [0.29, 0.717) is 29.5 Å². The number of carbonyl (C=O) groups excluding carboxylic acids is 1. The Hall–Kier alpha value is -2.24. The summed E-state index contributed by atoms with van der Waals surface area (Å²) in [6.45, 7) is 3.61. The average Bonchev–Trinajstić information content (AvgIpc) is 2.73. The molecular formula is C22H27ClN2O3. The molecule has 1 N–H and O–H groups in total. The molecule has 1 heterocycles. The number of piperidine rings is 1. The lowest BCUT2D eigenvalue weighted by atomic mass is 9.97. The summed E-state index contributed by atoms with van der Waals surface area (Å²) in [5.41, 5.74) is 1.76. The predicted molar refractivity (Wildman–Crippen MR) is 111 cm³/mol. The summed E-state index contributed by atoms with van der Waals surface area (Å²) < 4.78 is 10.6. The molecule has 3 rings (SSSR count). The molecule has 2 aromatic rings. The van der Waals surface area contributed by atoms with Crippen LogP contribution in [-0.2, 0) is 6.54 Å². The molecule has 1 amide bonds. The van der Waals surface area contributed by atoms with Crippen LogP contribution in [0.3, 0.4) is 0 Å². The number of nitrogens with zero attached hydrogens (tertiary/aromatic N) is 1. The summed E-state index contributed by atoms with van der Waals surface area (Å²) >= 11 is 5.97. The number of halogens is 1. The number of likely N-dealkylation sites (tertiary alicyclic amines) is 1. The molecule has 150 valence electrons. The first kappa shape index (κ1) is 20.5. The van der Waals surface area contributed by atoms with Crippen molar-refractivity contribution in [1.29, 1.82) is 0 Å². The number of benzene rings is 2. The van der Waals surface area contributed by atoms with Crippen LogP contribution < -0.4 is 14.8 Å². The fraction of sp³-hybridized carbons (Fsp3) is 0.409. The highest BCUT2D eigenvalue weighted by molar-refractivity contribution is 6.30. The van der Waals surface area contributed by atoms with Crippen LogP contribution in [0.25, 0.3) is 0 Å². The molecule has 0 radical (unpaired) electrons. The predicted octanol–water partition coefficient (Wildman–Crippen LogP) is 4.00. The van der Waals surface area contributed by atoms with Gasteiger partial charge in [-0.3, -0.25) is 9.69 Å². The third-order valence-corrected chi connectivity index (χ3v) is 5.37. The zero-order chi connectivity index (χ0) is 19.9. The van der Waals surface area contributed by atoms with Crippen molar-refractivity contribution in [2.75, 3.05) is 33.9 Å². The number of para-hydroxylation sites is 1. The minimum atomic E-state index is -0.134. The molecule has 5 nitrogen and oxygen atoms in total. The van der Waals surface area contributed by atoms with Gasteiger partial charge in [-0.2, -0.15) is 0 Å². The number of nitrogens with one attached hydrogen (secondary N) is 1. The van der Waals surface area contributed by atoms with Gasteiger partial charge in [0.25, 0.3) is 5.91 Å². The summed E-state index contributed by atoms with van der Waals surface area (Å²) in [5, 5.41) is 3.83. The average molecular weight is 403 g/mol. The molecule has 2 aromatic carbocycles. The Labute approximate surface area is 171 Å².